The number of carbonyl (C=O) groups is 1. The highest BCUT2D eigenvalue weighted by Crippen LogP contribution is 2.07. The number of halogens is 1. The molecule has 4 nitrogen and oxygen atoms in total. The fourth-order valence-corrected chi connectivity index (χ4v) is 2.53. The Morgan fingerprint density at radius 1 is 1.14 bits per heavy atom. The number of hydrogen-bond acceptors (Lipinski definition) is 3. The summed E-state index contributed by atoms with van der Waals surface area (Å²) in [5, 5.41) is 0. The maximum Gasteiger partial charge on any atom is 0.236 e. The van der Waals surface area contributed by atoms with Gasteiger partial charge in [0.1, 0.15) is 5.82 Å². The molecule has 0 saturated carbocycles. The van der Waals surface area contributed by atoms with Crippen molar-refractivity contribution in [1.82, 2.24) is 14.7 Å². The zero-order valence-corrected chi connectivity index (χ0v) is 12.9. The molecule has 0 unspecified atom stereocenters. The van der Waals surface area contributed by atoms with Crippen LogP contribution >= 0.6 is 0 Å². The minimum atomic E-state index is -0.249. The van der Waals surface area contributed by atoms with Gasteiger partial charge in [-0.3, -0.25) is 9.69 Å². The van der Waals surface area contributed by atoms with Crippen LogP contribution in [0.2, 0.25) is 0 Å². The minimum Gasteiger partial charge on any atom is -0.340 e. The molecular weight excluding hydrogens is 269 g/mol. The van der Waals surface area contributed by atoms with Gasteiger partial charge in [-0.15, -0.1) is 0 Å². The molecule has 5 heteroatoms. The lowest BCUT2D eigenvalue weighted by molar-refractivity contribution is -0.132. The molecule has 0 aromatic heterocycles. The smallest absolute Gasteiger partial charge is 0.236 e. The van der Waals surface area contributed by atoms with Gasteiger partial charge in [0.25, 0.3) is 0 Å². The second-order valence-corrected chi connectivity index (χ2v) is 5.59. The zero-order chi connectivity index (χ0) is 15.2. The molecule has 0 radical (unpaired) electrons. The van der Waals surface area contributed by atoms with Gasteiger partial charge in [0.15, 0.2) is 0 Å². The Labute approximate surface area is 126 Å². The van der Waals surface area contributed by atoms with E-state index in [1.54, 1.807) is 24.1 Å². The normalized spacial score (nSPS) is 16.9. The average Bonchev–Trinajstić information content (AvgIpc) is 2.50. The first kappa shape index (κ1) is 15.9. The molecule has 0 N–H and O–H groups in total. The fourth-order valence-electron chi connectivity index (χ4n) is 2.53. The Balaban J connectivity index is 1.78. The zero-order valence-electron chi connectivity index (χ0n) is 12.9. The van der Waals surface area contributed by atoms with Crippen LogP contribution in [0.5, 0.6) is 0 Å². The Morgan fingerprint density at radius 2 is 1.71 bits per heavy atom. The minimum absolute atomic E-state index is 0.115. The molecule has 0 bridgehead atoms. The summed E-state index contributed by atoms with van der Waals surface area (Å²) in [6, 6.07) is 6.30. The van der Waals surface area contributed by atoms with Crippen molar-refractivity contribution in [2.45, 2.75) is 13.5 Å². The third-order valence-electron chi connectivity index (χ3n) is 4.03. The predicted octanol–water partition coefficient (Wildman–Crippen LogP) is 1.42. The van der Waals surface area contributed by atoms with Crippen molar-refractivity contribution >= 4 is 5.91 Å². The van der Waals surface area contributed by atoms with E-state index in [0.29, 0.717) is 13.1 Å². The summed E-state index contributed by atoms with van der Waals surface area (Å²) >= 11 is 0. The van der Waals surface area contributed by atoms with Crippen molar-refractivity contribution in [2.24, 2.45) is 0 Å². The van der Waals surface area contributed by atoms with E-state index in [-0.39, 0.29) is 11.7 Å². The van der Waals surface area contributed by atoms with Gasteiger partial charge in [-0.25, -0.2) is 4.39 Å². The second kappa shape index (κ2) is 7.52. The molecule has 1 aliphatic heterocycles. The summed E-state index contributed by atoms with van der Waals surface area (Å²) in [6.45, 7) is 8.19. The van der Waals surface area contributed by atoms with Crippen molar-refractivity contribution in [1.29, 1.82) is 0 Å². The molecule has 116 valence electrons. The Bertz CT molecular complexity index is 455. The van der Waals surface area contributed by atoms with Crippen molar-refractivity contribution in [3.05, 3.63) is 35.6 Å². The monoisotopic (exact) mass is 293 g/mol. The van der Waals surface area contributed by atoms with Crippen LogP contribution in [0.4, 0.5) is 4.39 Å². The predicted molar refractivity (Wildman–Crippen MR) is 81.4 cm³/mol. The first-order valence-corrected chi connectivity index (χ1v) is 7.51. The van der Waals surface area contributed by atoms with Gasteiger partial charge in [-0.1, -0.05) is 19.1 Å². The second-order valence-electron chi connectivity index (χ2n) is 5.59. The molecule has 21 heavy (non-hydrogen) atoms. The first-order valence-electron chi connectivity index (χ1n) is 7.51. The van der Waals surface area contributed by atoms with Gasteiger partial charge in [0, 0.05) is 39.8 Å². The molecule has 1 aromatic carbocycles. The van der Waals surface area contributed by atoms with Gasteiger partial charge in [-0.05, 0) is 24.2 Å². The van der Waals surface area contributed by atoms with Crippen molar-refractivity contribution < 1.29 is 9.18 Å². The Hall–Kier alpha value is -1.46. The third kappa shape index (κ3) is 4.79. The molecule has 0 spiro atoms. The van der Waals surface area contributed by atoms with Crippen LogP contribution in [-0.2, 0) is 11.3 Å². The number of amides is 1. The molecule has 0 atom stereocenters. The van der Waals surface area contributed by atoms with E-state index in [0.717, 1.165) is 38.3 Å². The maximum atomic E-state index is 12.9. The van der Waals surface area contributed by atoms with Gasteiger partial charge >= 0.3 is 0 Å². The van der Waals surface area contributed by atoms with Crippen LogP contribution < -0.4 is 0 Å². The topological polar surface area (TPSA) is 26.8 Å². The molecule has 1 amide bonds. The average molecular weight is 293 g/mol. The molecule has 2 rings (SSSR count). The number of hydrogen-bond donors (Lipinski definition) is 0. The maximum absolute atomic E-state index is 12.9. The summed E-state index contributed by atoms with van der Waals surface area (Å²) < 4.78 is 12.9. The van der Waals surface area contributed by atoms with E-state index >= 15 is 0 Å². The van der Waals surface area contributed by atoms with Gasteiger partial charge in [0.2, 0.25) is 5.91 Å². The number of nitrogens with zero attached hydrogens (tertiary/aromatic N) is 3. The largest absolute Gasteiger partial charge is 0.340 e. The van der Waals surface area contributed by atoms with Crippen LogP contribution in [0.15, 0.2) is 24.3 Å². The van der Waals surface area contributed by atoms with Gasteiger partial charge in [0.05, 0.1) is 6.54 Å². The Kier molecular flexibility index (Phi) is 5.70. The summed E-state index contributed by atoms with van der Waals surface area (Å²) in [5.41, 5.74) is 0.947. The van der Waals surface area contributed by atoms with Crippen LogP contribution in [0.1, 0.15) is 12.5 Å². The van der Waals surface area contributed by atoms with Crippen molar-refractivity contribution in [2.75, 3.05) is 46.3 Å². The van der Waals surface area contributed by atoms with Crippen LogP contribution in [-0.4, -0.2) is 66.9 Å². The highest BCUT2D eigenvalue weighted by atomic mass is 19.1. The fraction of sp³-hybridized carbons (Fsp3) is 0.562. The van der Waals surface area contributed by atoms with Crippen LogP contribution in [0.25, 0.3) is 0 Å². The summed E-state index contributed by atoms with van der Waals surface area (Å²) in [7, 11) is 1.80. The summed E-state index contributed by atoms with van der Waals surface area (Å²) in [4.78, 5) is 18.5. The van der Waals surface area contributed by atoms with Crippen molar-refractivity contribution in [3.63, 3.8) is 0 Å². The van der Waals surface area contributed by atoms with E-state index in [4.69, 9.17) is 0 Å². The first-order chi connectivity index (χ1) is 10.1. The van der Waals surface area contributed by atoms with E-state index in [9.17, 15) is 9.18 Å². The molecule has 1 fully saturated rings. The van der Waals surface area contributed by atoms with Crippen molar-refractivity contribution in [3.8, 4) is 0 Å². The Morgan fingerprint density at radius 3 is 2.29 bits per heavy atom. The number of benzene rings is 1. The number of likely N-dealkylation sites (N-methyl/N-ethyl adjacent to an activating group) is 2. The van der Waals surface area contributed by atoms with E-state index < -0.39 is 0 Å². The molecule has 1 heterocycles. The molecule has 1 aromatic rings. The lowest BCUT2D eigenvalue weighted by atomic mass is 10.2. The van der Waals surface area contributed by atoms with E-state index in [1.807, 2.05) is 0 Å². The SMILES string of the molecule is CCN1CCN(CC(=O)N(C)Cc2ccc(F)cc2)CC1. The summed E-state index contributed by atoms with van der Waals surface area (Å²) in [5.74, 6) is -0.134. The standard InChI is InChI=1S/C16H24FN3O/c1-3-19-8-10-20(11-9-19)13-16(21)18(2)12-14-4-6-15(17)7-5-14/h4-7H,3,8-13H2,1-2H3. The number of piperazine rings is 1. The third-order valence-corrected chi connectivity index (χ3v) is 4.03. The van der Waals surface area contributed by atoms with E-state index in [2.05, 4.69) is 16.7 Å². The molecule has 1 aliphatic rings. The van der Waals surface area contributed by atoms with Crippen LogP contribution in [0.3, 0.4) is 0 Å². The lowest BCUT2D eigenvalue weighted by Crippen LogP contribution is -2.49. The van der Waals surface area contributed by atoms with Gasteiger partial charge in [-0.2, -0.15) is 0 Å². The highest BCUT2D eigenvalue weighted by Gasteiger charge is 2.19. The molecule has 0 aliphatic carbocycles. The number of carbonyl (C=O) groups excluding carboxylic acids is 1. The van der Waals surface area contributed by atoms with E-state index in [1.165, 1.54) is 12.1 Å². The lowest BCUT2D eigenvalue weighted by Gasteiger charge is -2.34. The summed E-state index contributed by atoms with van der Waals surface area (Å²) in [6.07, 6.45) is 0. The quantitative estimate of drug-likeness (QED) is 0.821. The van der Waals surface area contributed by atoms with Crippen LogP contribution in [0, 0.1) is 5.82 Å². The van der Waals surface area contributed by atoms with Gasteiger partial charge < -0.3 is 9.80 Å². The molecular formula is C16H24FN3O. The number of rotatable bonds is 5. The molecule has 1 saturated heterocycles. The highest BCUT2D eigenvalue weighted by molar-refractivity contribution is 5.78.